The molecule has 0 aromatic heterocycles. The number of benzene rings is 1. The molecule has 1 aromatic rings. The third kappa shape index (κ3) is 2.96. The van der Waals surface area contributed by atoms with Gasteiger partial charge in [0.15, 0.2) is 5.69 Å². The molecule has 2 N–H and O–H groups in total. The second kappa shape index (κ2) is 5.93. The summed E-state index contributed by atoms with van der Waals surface area (Å²) in [6.07, 6.45) is 0. The lowest BCUT2D eigenvalue weighted by molar-refractivity contribution is -0.392. The summed E-state index contributed by atoms with van der Waals surface area (Å²) >= 11 is 0. The van der Waals surface area contributed by atoms with E-state index in [0.29, 0.717) is 19.6 Å². The maximum absolute atomic E-state index is 11.2. The second-order valence-corrected chi connectivity index (χ2v) is 4.98. The molecular weight excluding hydrogens is 296 g/mol. The summed E-state index contributed by atoms with van der Waals surface area (Å²) in [5, 5.41) is 34.6. The van der Waals surface area contributed by atoms with Crippen molar-refractivity contribution in [2.45, 2.75) is 13.0 Å². The summed E-state index contributed by atoms with van der Waals surface area (Å²) < 4.78 is 0. The Morgan fingerprint density at radius 3 is 2.27 bits per heavy atom. The Morgan fingerprint density at radius 2 is 1.86 bits per heavy atom. The fraction of sp³-hybridized carbons (Fsp3) is 0.417. The van der Waals surface area contributed by atoms with E-state index >= 15 is 0 Å². The van der Waals surface area contributed by atoms with Crippen LogP contribution in [0.15, 0.2) is 12.1 Å². The zero-order valence-electron chi connectivity index (χ0n) is 11.7. The van der Waals surface area contributed by atoms with Gasteiger partial charge in [-0.15, -0.1) is 0 Å². The van der Waals surface area contributed by atoms with Gasteiger partial charge in [-0.3, -0.25) is 20.2 Å². The highest BCUT2D eigenvalue weighted by molar-refractivity contribution is 5.92. The Labute approximate surface area is 124 Å². The summed E-state index contributed by atoms with van der Waals surface area (Å²) in [5.74, 6) is -1.45. The average Bonchev–Trinajstić information content (AvgIpc) is 2.45. The molecule has 1 fully saturated rings. The first-order valence-corrected chi connectivity index (χ1v) is 6.49. The monoisotopic (exact) mass is 310 g/mol. The van der Waals surface area contributed by atoms with Gasteiger partial charge < -0.3 is 15.3 Å². The van der Waals surface area contributed by atoms with Crippen LogP contribution in [0.25, 0.3) is 0 Å². The number of carbonyl (C=O) groups is 1. The minimum atomic E-state index is -1.45. The quantitative estimate of drug-likeness (QED) is 0.620. The van der Waals surface area contributed by atoms with Crippen molar-refractivity contribution in [3.8, 4) is 0 Å². The van der Waals surface area contributed by atoms with Crippen molar-refractivity contribution in [2.75, 3.05) is 24.5 Å². The molecule has 118 valence electrons. The highest BCUT2D eigenvalue weighted by Gasteiger charge is 2.33. The Balaban J connectivity index is 2.65. The van der Waals surface area contributed by atoms with Gasteiger partial charge in [0.05, 0.1) is 15.4 Å². The predicted molar refractivity (Wildman–Crippen MR) is 76.4 cm³/mol. The van der Waals surface area contributed by atoms with E-state index in [1.54, 1.807) is 4.90 Å². The SMILES string of the molecule is CC1CN(c2c([N+](=O)[O-])cc(C(=O)O)cc2[N+](=O)[O-])CCN1. The number of rotatable bonds is 4. The molecule has 1 saturated heterocycles. The van der Waals surface area contributed by atoms with Crippen LogP contribution < -0.4 is 10.2 Å². The Morgan fingerprint density at radius 1 is 1.32 bits per heavy atom. The van der Waals surface area contributed by atoms with Crippen LogP contribution in [0.2, 0.25) is 0 Å². The number of aromatic carboxylic acids is 1. The van der Waals surface area contributed by atoms with Gasteiger partial charge >= 0.3 is 17.3 Å². The van der Waals surface area contributed by atoms with Crippen LogP contribution in [0.4, 0.5) is 17.1 Å². The highest BCUT2D eigenvalue weighted by Crippen LogP contribution is 2.39. The van der Waals surface area contributed by atoms with E-state index < -0.39 is 32.8 Å². The maximum Gasteiger partial charge on any atom is 0.336 e. The number of nitro groups is 2. The van der Waals surface area contributed by atoms with Gasteiger partial charge in [0.1, 0.15) is 0 Å². The van der Waals surface area contributed by atoms with E-state index in [-0.39, 0.29) is 11.7 Å². The van der Waals surface area contributed by atoms with Gasteiger partial charge in [-0.2, -0.15) is 0 Å². The number of nitro benzene ring substituents is 2. The molecule has 0 aliphatic carbocycles. The highest BCUT2D eigenvalue weighted by atomic mass is 16.6. The van der Waals surface area contributed by atoms with Crippen molar-refractivity contribution in [3.63, 3.8) is 0 Å². The van der Waals surface area contributed by atoms with Gasteiger partial charge in [0, 0.05) is 37.8 Å². The number of carboxylic acid groups (broad SMARTS) is 1. The van der Waals surface area contributed by atoms with Crippen molar-refractivity contribution in [1.82, 2.24) is 5.32 Å². The molecule has 0 radical (unpaired) electrons. The number of hydrogen-bond donors (Lipinski definition) is 2. The van der Waals surface area contributed by atoms with Crippen molar-refractivity contribution in [1.29, 1.82) is 0 Å². The van der Waals surface area contributed by atoms with Crippen molar-refractivity contribution in [2.24, 2.45) is 0 Å². The van der Waals surface area contributed by atoms with E-state index in [1.807, 2.05) is 6.92 Å². The van der Waals surface area contributed by atoms with Crippen molar-refractivity contribution < 1.29 is 19.7 Å². The molecule has 1 aliphatic rings. The van der Waals surface area contributed by atoms with Crippen LogP contribution >= 0.6 is 0 Å². The number of nitrogens with one attached hydrogen (secondary N) is 1. The lowest BCUT2D eigenvalue weighted by Gasteiger charge is -2.32. The largest absolute Gasteiger partial charge is 0.478 e. The third-order valence-electron chi connectivity index (χ3n) is 3.40. The fourth-order valence-electron chi connectivity index (χ4n) is 2.47. The maximum atomic E-state index is 11.2. The van der Waals surface area contributed by atoms with Crippen LogP contribution in [0.1, 0.15) is 17.3 Å². The Hall–Kier alpha value is -2.75. The molecule has 1 aromatic carbocycles. The van der Waals surface area contributed by atoms with E-state index in [2.05, 4.69) is 5.32 Å². The van der Waals surface area contributed by atoms with Gasteiger partial charge in [0.25, 0.3) is 0 Å². The molecule has 1 heterocycles. The van der Waals surface area contributed by atoms with E-state index in [1.165, 1.54) is 0 Å². The predicted octanol–water partition coefficient (Wildman–Crippen LogP) is 0.999. The normalized spacial score (nSPS) is 18.0. The number of nitrogens with zero attached hydrogens (tertiary/aromatic N) is 3. The lowest BCUT2D eigenvalue weighted by atomic mass is 10.1. The molecule has 22 heavy (non-hydrogen) atoms. The first kappa shape index (κ1) is 15.6. The second-order valence-electron chi connectivity index (χ2n) is 4.98. The van der Waals surface area contributed by atoms with Crippen LogP contribution in [0.5, 0.6) is 0 Å². The molecule has 10 nitrogen and oxygen atoms in total. The van der Waals surface area contributed by atoms with E-state index in [9.17, 15) is 25.0 Å². The fourth-order valence-corrected chi connectivity index (χ4v) is 2.47. The zero-order chi connectivity index (χ0) is 16.4. The van der Waals surface area contributed by atoms with Gasteiger partial charge in [-0.1, -0.05) is 0 Å². The van der Waals surface area contributed by atoms with Gasteiger partial charge in [0.2, 0.25) is 0 Å². The number of carboxylic acids is 1. The Bertz CT molecular complexity index is 611. The van der Waals surface area contributed by atoms with Crippen LogP contribution in [-0.4, -0.2) is 46.6 Å². The minimum Gasteiger partial charge on any atom is -0.478 e. The molecule has 0 spiro atoms. The zero-order valence-corrected chi connectivity index (χ0v) is 11.7. The summed E-state index contributed by atoms with van der Waals surface area (Å²) in [5.41, 5.74) is -1.76. The first-order valence-electron chi connectivity index (χ1n) is 6.49. The average molecular weight is 310 g/mol. The molecule has 1 atom stereocenters. The molecule has 1 unspecified atom stereocenters. The first-order chi connectivity index (χ1) is 10.3. The molecule has 0 saturated carbocycles. The summed E-state index contributed by atoms with van der Waals surface area (Å²) in [6.45, 7) is 3.10. The summed E-state index contributed by atoms with van der Waals surface area (Å²) in [7, 11) is 0. The molecule has 0 bridgehead atoms. The Kier molecular flexibility index (Phi) is 4.22. The van der Waals surface area contributed by atoms with Crippen LogP contribution in [0.3, 0.4) is 0 Å². The molecule has 2 rings (SSSR count). The number of hydrogen-bond acceptors (Lipinski definition) is 7. The molecule has 10 heteroatoms. The lowest BCUT2D eigenvalue weighted by Crippen LogP contribution is -2.49. The smallest absolute Gasteiger partial charge is 0.336 e. The standard InChI is InChI=1S/C12H14N4O6/c1-7-6-14(3-2-13-7)11-9(15(19)20)4-8(12(17)18)5-10(11)16(21)22/h4-5,7,13H,2-3,6H2,1H3,(H,17,18). The minimum absolute atomic E-state index is 0.00658. The van der Waals surface area contributed by atoms with E-state index in [4.69, 9.17) is 5.11 Å². The van der Waals surface area contributed by atoms with Crippen LogP contribution in [0, 0.1) is 20.2 Å². The third-order valence-corrected chi connectivity index (χ3v) is 3.40. The molecule has 0 amide bonds. The number of anilines is 1. The van der Waals surface area contributed by atoms with Gasteiger partial charge in [-0.05, 0) is 6.92 Å². The topological polar surface area (TPSA) is 139 Å². The summed E-state index contributed by atoms with van der Waals surface area (Å²) in [4.78, 5) is 33.5. The van der Waals surface area contributed by atoms with Crippen molar-refractivity contribution in [3.05, 3.63) is 37.9 Å². The number of piperazine rings is 1. The van der Waals surface area contributed by atoms with Crippen LogP contribution in [-0.2, 0) is 0 Å². The molecular formula is C12H14N4O6. The van der Waals surface area contributed by atoms with E-state index in [0.717, 1.165) is 12.1 Å². The van der Waals surface area contributed by atoms with Gasteiger partial charge in [-0.25, -0.2) is 4.79 Å². The molecule has 1 aliphatic heterocycles. The van der Waals surface area contributed by atoms with Crippen molar-refractivity contribution >= 4 is 23.0 Å². The summed E-state index contributed by atoms with van der Waals surface area (Å²) in [6, 6.07) is 1.72.